The third kappa shape index (κ3) is 5.34. The highest BCUT2D eigenvalue weighted by Crippen LogP contribution is 2.39. The van der Waals surface area contributed by atoms with E-state index in [-0.39, 0.29) is 6.04 Å². The summed E-state index contributed by atoms with van der Waals surface area (Å²) in [6.07, 6.45) is 2.50. The van der Waals surface area contributed by atoms with E-state index in [1.165, 1.54) is 0 Å². The number of methoxy groups -OCH3 is 2. The number of hydrogen-bond donors (Lipinski definition) is 1. The van der Waals surface area contributed by atoms with E-state index in [0.29, 0.717) is 31.1 Å². The number of piperidine rings is 1. The Morgan fingerprint density at radius 2 is 1.74 bits per heavy atom. The average molecular weight is 462 g/mol. The van der Waals surface area contributed by atoms with Gasteiger partial charge in [-0.2, -0.15) is 0 Å². The Balaban J connectivity index is 1.71. The first kappa shape index (κ1) is 23.6. The van der Waals surface area contributed by atoms with Crippen molar-refractivity contribution in [2.24, 2.45) is 0 Å². The molecule has 6 heteroatoms. The van der Waals surface area contributed by atoms with Gasteiger partial charge in [-0.1, -0.05) is 55.0 Å². The summed E-state index contributed by atoms with van der Waals surface area (Å²) < 4.78 is 17.2. The SMILES string of the molecule is COc1cccc(C(c2ccc(OCc3ccccc3)c(OC)c2)N2CCCCC2C(=O)O)c1. The molecular formula is C28H31NO5. The molecule has 1 fully saturated rings. The van der Waals surface area contributed by atoms with Crippen molar-refractivity contribution >= 4 is 5.97 Å². The fraction of sp³-hybridized carbons (Fsp3) is 0.321. The molecule has 0 amide bonds. The summed E-state index contributed by atoms with van der Waals surface area (Å²) in [6, 6.07) is 22.9. The Labute approximate surface area is 200 Å². The highest BCUT2D eigenvalue weighted by atomic mass is 16.5. The van der Waals surface area contributed by atoms with Gasteiger partial charge in [-0.3, -0.25) is 9.69 Å². The quantitative estimate of drug-likeness (QED) is 0.466. The van der Waals surface area contributed by atoms with E-state index in [2.05, 4.69) is 4.90 Å². The van der Waals surface area contributed by atoms with Crippen LogP contribution in [0.2, 0.25) is 0 Å². The van der Waals surface area contributed by atoms with Gasteiger partial charge in [-0.25, -0.2) is 0 Å². The van der Waals surface area contributed by atoms with Gasteiger partial charge in [-0.15, -0.1) is 0 Å². The number of nitrogens with zero attached hydrogens (tertiary/aromatic N) is 1. The Bertz CT molecular complexity index is 1100. The second kappa shape index (κ2) is 11.1. The van der Waals surface area contributed by atoms with Crippen molar-refractivity contribution in [1.82, 2.24) is 4.90 Å². The zero-order valence-corrected chi connectivity index (χ0v) is 19.6. The van der Waals surface area contributed by atoms with Gasteiger partial charge in [0, 0.05) is 0 Å². The van der Waals surface area contributed by atoms with Crippen molar-refractivity contribution in [2.75, 3.05) is 20.8 Å². The molecule has 0 radical (unpaired) electrons. The van der Waals surface area contributed by atoms with Crippen LogP contribution in [0, 0.1) is 0 Å². The van der Waals surface area contributed by atoms with E-state index in [0.717, 1.165) is 35.3 Å². The minimum Gasteiger partial charge on any atom is -0.497 e. The highest BCUT2D eigenvalue weighted by Gasteiger charge is 2.35. The lowest BCUT2D eigenvalue weighted by atomic mass is 9.91. The monoisotopic (exact) mass is 461 g/mol. The van der Waals surface area contributed by atoms with E-state index in [9.17, 15) is 9.90 Å². The number of likely N-dealkylation sites (tertiary alicyclic amines) is 1. The van der Waals surface area contributed by atoms with E-state index >= 15 is 0 Å². The van der Waals surface area contributed by atoms with Gasteiger partial charge in [0.15, 0.2) is 11.5 Å². The van der Waals surface area contributed by atoms with Crippen molar-refractivity contribution in [3.05, 3.63) is 89.5 Å². The van der Waals surface area contributed by atoms with Gasteiger partial charge in [0.05, 0.1) is 20.3 Å². The second-order valence-electron chi connectivity index (χ2n) is 8.45. The van der Waals surface area contributed by atoms with Crippen LogP contribution in [-0.2, 0) is 11.4 Å². The lowest BCUT2D eigenvalue weighted by Gasteiger charge is -2.39. The molecule has 3 aromatic rings. The fourth-order valence-corrected chi connectivity index (χ4v) is 4.62. The molecule has 1 N–H and O–H groups in total. The van der Waals surface area contributed by atoms with Crippen LogP contribution in [-0.4, -0.2) is 42.8 Å². The molecular weight excluding hydrogens is 430 g/mol. The smallest absolute Gasteiger partial charge is 0.320 e. The zero-order chi connectivity index (χ0) is 23.9. The van der Waals surface area contributed by atoms with Crippen LogP contribution in [0.5, 0.6) is 17.2 Å². The van der Waals surface area contributed by atoms with Gasteiger partial charge in [0.1, 0.15) is 18.4 Å². The molecule has 2 unspecified atom stereocenters. The molecule has 1 heterocycles. The van der Waals surface area contributed by atoms with E-state index in [4.69, 9.17) is 14.2 Å². The molecule has 0 bridgehead atoms. The van der Waals surface area contributed by atoms with E-state index in [1.807, 2.05) is 72.8 Å². The first-order valence-electron chi connectivity index (χ1n) is 11.6. The summed E-state index contributed by atoms with van der Waals surface area (Å²) >= 11 is 0. The fourth-order valence-electron chi connectivity index (χ4n) is 4.62. The van der Waals surface area contributed by atoms with Crippen LogP contribution >= 0.6 is 0 Å². The van der Waals surface area contributed by atoms with Crippen LogP contribution in [0.25, 0.3) is 0 Å². The summed E-state index contributed by atoms with van der Waals surface area (Å²) in [4.78, 5) is 14.2. The average Bonchev–Trinajstić information content (AvgIpc) is 2.89. The number of carboxylic acid groups (broad SMARTS) is 1. The van der Waals surface area contributed by atoms with Crippen LogP contribution in [0.1, 0.15) is 42.0 Å². The van der Waals surface area contributed by atoms with Crippen molar-refractivity contribution in [3.63, 3.8) is 0 Å². The molecule has 1 aliphatic rings. The molecule has 0 saturated carbocycles. The molecule has 1 saturated heterocycles. The van der Waals surface area contributed by atoms with Gasteiger partial charge < -0.3 is 19.3 Å². The van der Waals surface area contributed by atoms with Crippen LogP contribution in [0.15, 0.2) is 72.8 Å². The molecule has 1 aliphatic heterocycles. The second-order valence-corrected chi connectivity index (χ2v) is 8.45. The Morgan fingerprint density at radius 3 is 2.47 bits per heavy atom. The molecule has 0 aliphatic carbocycles. The minimum absolute atomic E-state index is 0.256. The number of ether oxygens (including phenoxy) is 3. The van der Waals surface area contributed by atoms with Crippen molar-refractivity contribution in [2.45, 2.75) is 38.0 Å². The number of aliphatic carboxylic acids is 1. The lowest BCUT2D eigenvalue weighted by molar-refractivity contribution is -0.145. The largest absolute Gasteiger partial charge is 0.497 e. The van der Waals surface area contributed by atoms with Crippen molar-refractivity contribution in [3.8, 4) is 17.2 Å². The number of carbonyl (C=O) groups is 1. The molecule has 0 spiro atoms. The third-order valence-electron chi connectivity index (χ3n) is 6.31. The number of rotatable bonds is 9. The number of hydrogen-bond acceptors (Lipinski definition) is 5. The first-order valence-corrected chi connectivity index (χ1v) is 11.6. The van der Waals surface area contributed by atoms with E-state index in [1.54, 1.807) is 14.2 Å². The van der Waals surface area contributed by atoms with Crippen LogP contribution in [0.3, 0.4) is 0 Å². The standard InChI is InChI=1S/C28H31NO5/c1-32-23-12-8-11-21(17-23)27(29-16-7-6-13-24(29)28(30)31)22-14-15-25(26(18-22)33-2)34-19-20-9-4-3-5-10-20/h3-5,8-12,14-15,17-18,24,27H,6-7,13,16,19H2,1-2H3,(H,30,31). The summed E-state index contributed by atoms with van der Waals surface area (Å²) in [5.41, 5.74) is 3.00. The topological polar surface area (TPSA) is 68.2 Å². The summed E-state index contributed by atoms with van der Waals surface area (Å²) in [5, 5.41) is 9.96. The van der Waals surface area contributed by atoms with Crippen molar-refractivity contribution in [1.29, 1.82) is 0 Å². The Hall–Kier alpha value is -3.51. The van der Waals surface area contributed by atoms with Gasteiger partial charge in [0.2, 0.25) is 0 Å². The number of carboxylic acids is 1. The van der Waals surface area contributed by atoms with Crippen LogP contribution < -0.4 is 14.2 Å². The van der Waals surface area contributed by atoms with Gasteiger partial charge in [0.25, 0.3) is 0 Å². The normalized spacial score (nSPS) is 17.1. The maximum Gasteiger partial charge on any atom is 0.320 e. The van der Waals surface area contributed by atoms with Gasteiger partial charge in [-0.05, 0) is 60.3 Å². The predicted octanol–water partition coefficient (Wildman–Crippen LogP) is 5.31. The van der Waals surface area contributed by atoms with Gasteiger partial charge >= 0.3 is 5.97 Å². The highest BCUT2D eigenvalue weighted by molar-refractivity contribution is 5.73. The molecule has 34 heavy (non-hydrogen) atoms. The first-order chi connectivity index (χ1) is 16.6. The summed E-state index contributed by atoms with van der Waals surface area (Å²) in [5.74, 6) is 1.21. The summed E-state index contributed by atoms with van der Waals surface area (Å²) in [6.45, 7) is 1.14. The third-order valence-corrected chi connectivity index (χ3v) is 6.31. The lowest BCUT2D eigenvalue weighted by Crippen LogP contribution is -2.46. The number of benzene rings is 3. The predicted molar refractivity (Wildman–Crippen MR) is 131 cm³/mol. The summed E-state index contributed by atoms with van der Waals surface area (Å²) in [7, 11) is 3.26. The maximum atomic E-state index is 12.1. The van der Waals surface area contributed by atoms with E-state index < -0.39 is 12.0 Å². The zero-order valence-electron chi connectivity index (χ0n) is 19.6. The van der Waals surface area contributed by atoms with Crippen LogP contribution in [0.4, 0.5) is 0 Å². The molecule has 6 nitrogen and oxygen atoms in total. The maximum absolute atomic E-state index is 12.1. The minimum atomic E-state index is -0.789. The molecule has 178 valence electrons. The molecule has 0 aromatic heterocycles. The Kier molecular flexibility index (Phi) is 7.70. The molecule has 3 aromatic carbocycles. The van der Waals surface area contributed by atoms with Crippen molar-refractivity contribution < 1.29 is 24.1 Å². The Morgan fingerprint density at radius 1 is 0.941 bits per heavy atom. The molecule has 2 atom stereocenters. The molecule has 4 rings (SSSR count).